The Labute approximate surface area is 191 Å². The van der Waals surface area contributed by atoms with E-state index in [4.69, 9.17) is 9.73 Å². The zero-order chi connectivity index (χ0) is 19.8. The van der Waals surface area contributed by atoms with Crippen molar-refractivity contribution in [3.8, 4) is 0 Å². The third-order valence-corrected chi connectivity index (χ3v) is 5.99. The normalized spacial score (nSPS) is 21.1. The SMILES string of the molecule is CCNC(=NCC1(CCOC)CCCC1)NC1CCN(c2ncccc2F)C1.I. The highest BCUT2D eigenvalue weighted by Gasteiger charge is 2.33. The number of anilines is 1. The van der Waals surface area contributed by atoms with E-state index in [1.54, 1.807) is 19.4 Å². The van der Waals surface area contributed by atoms with Gasteiger partial charge in [-0.15, -0.1) is 24.0 Å². The number of methoxy groups -OCH3 is 1. The van der Waals surface area contributed by atoms with E-state index in [9.17, 15) is 4.39 Å². The summed E-state index contributed by atoms with van der Waals surface area (Å²) in [7, 11) is 1.77. The van der Waals surface area contributed by atoms with Crippen molar-refractivity contribution in [3.63, 3.8) is 0 Å². The van der Waals surface area contributed by atoms with E-state index < -0.39 is 0 Å². The lowest BCUT2D eigenvalue weighted by molar-refractivity contribution is 0.141. The van der Waals surface area contributed by atoms with E-state index in [1.165, 1.54) is 31.7 Å². The molecule has 2 heterocycles. The number of aromatic nitrogens is 1. The molecule has 2 N–H and O–H groups in total. The van der Waals surface area contributed by atoms with Gasteiger partial charge in [-0.2, -0.15) is 0 Å². The topological polar surface area (TPSA) is 61.8 Å². The minimum atomic E-state index is -0.259. The average Bonchev–Trinajstić information content (AvgIpc) is 3.35. The quantitative estimate of drug-likeness (QED) is 0.313. The number of halogens is 2. The summed E-state index contributed by atoms with van der Waals surface area (Å²) in [6.45, 7) is 6.06. The van der Waals surface area contributed by atoms with Gasteiger partial charge in [-0.25, -0.2) is 9.37 Å². The smallest absolute Gasteiger partial charge is 0.191 e. The summed E-state index contributed by atoms with van der Waals surface area (Å²) in [6.07, 6.45) is 8.70. The van der Waals surface area contributed by atoms with Gasteiger partial charge in [-0.3, -0.25) is 4.99 Å². The Hall–Kier alpha value is -1.16. The maximum absolute atomic E-state index is 14.0. The zero-order valence-corrected chi connectivity index (χ0v) is 20.0. The van der Waals surface area contributed by atoms with E-state index >= 15 is 0 Å². The fraction of sp³-hybridized carbons (Fsp3) is 0.714. The predicted octanol–water partition coefficient (Wildman–Crippen LogP) is 3.57. The number of aliphatic imine (C=N–C) groups is 1. The van der Waals surface area contributed by atoms with Crippen LogP contribution < -0.4 is 15.5 Å². The molecule has 3 rings (SSSR count). The molecule has 0 spiro atoms. The minimum Gasteiger partial charge on any atom is -0.385 e. The molecule has 0 radical (unpaired) electrons. The molecule has 8 heteroatoms. The van der Waals surface area contributed by atoms with Crippen LogP contribution in [0.4, 0.5) is 10.2 Å². The molecule has 1 aliphatic heterocycles. The highest BCUT2D eigenvalue weighted by Crippen LogP contribution is 2.41. The number of nitrogens with one attached hydrogen (secondary N) is 2. The maximum atomic E-state index is 14.0. The van der Waals surface area contributed by atoms with Crippen molar-refractivity contribution in [2.75, 3.05) is 44.8 Å². The second-order valence-corrected chi connectivity index (χ2v) is 8.03. The molecule has 6 nitrogen and oxygen atoms in total. The molecule has 1 aromatic rings. The molecule has 1 aliphatic carbocycles. The van der Waals surface area contributed by atoms with Gasteiger partial charge in [-0.05, 0) is 50.2 Å². The zero-order valence-electron chi connectivity index (χ0n) is 17.6. The van der Waals surface area contributed by atoms with Crippen LogP contribution in [0.15, 0.2) is 23.3 Å². The van der Waals surface area contributed by atoms with Crippen molar-refractivity contribution in [1.29, 1.82) is 0 Å². The van der Waals surface area contributed by atoms with Gasteiger partial charge in [0, 0.05) is 52.1 Å². The van der Waals surface area contributed by atoms with Crippen LogP contribution in [-0.4, -0.2) is 56.9 Å². The second-order valence-electron chi connectivity index (χ2n) is 8.03. The Bertz CT molecular complexity index is 654. The van der Waals surface area contributed by atoms with Crippen LogP contribution in [0, 0.1) is 11.2 Å². The summed E-state index contributed by atoms with van der Waals surface area (Å²) in [6, 6.07) is 3.33. The lowest BCUT2D eigenvalue weighted by Crippen LogP contribution is -2.45. The van der Waals surface area contributed by atoms with E-state index in [1.807, 2.05) is 4.90 Å². The standard InChI is InChI=1S/C21H34FN5O.HI/c1-3-23-20(25-16-21(11-14-28-2)9-4-5-10-21)26-17-8-13-27(15-17)19-18(22)7-6-12-24-19;/h6-7,12,17H,3-5,8-11,13-16H2,1-2H3,(H2,23,25,26);1H. The molecule has 0 bridgehead atoms. The van der Waals surface area contributed by atoms with Crippen LogP contribution in [0.5, 0.6) is 0 Å². The first-order valence-electron chi connectivity index (χ1n) is 10.5. The molecular weight excluding hydrogens is 484 g/mol. The van der Waals surface area contributed by atoms with E-state index in [-0.39, 0.29) is 41.3 Å². The number of guanidine groups is 1. The number of nitrogens with zero attached hydrogens (tertiary/aromatic N) is 3. The lowest BCUT2D eigenvalue weighted by Gasteiger charge is -2.27. The van der Waals surface area contributed by atoms with E-state index in [0.717, 1.165) is 51.6 Å². The first kappa shape index (κ1) is 24.1. The van der Waals surface area contributed by atoms with Crippen LogP contribution >= 0.6 is 24.0 Å². The molecule has 1 aromatic heterocycles. The third-order valence-electron chi connectivity index (χ3n) is 5.99. The monoisotopic (exact) mass is 519 g/mol. The van der Waals surface area contributed by atoms with Crippen molar-refractivity contribution >= 4 is 35.8 Å². The molecule has 2 aliphatic rings. The van der Waals surface area contributed by atoms with E-state index in [2.05, 4.69) is 22.5 Å². The summed E-state index contributed by atoms with van der Waals surface area (Å²) < 4.78 is 19.4. The summed E-state index contributed by atoms with van der Waals surface area (Å²) in [5.41, 5.74) is 0.275. The average molecular weight is 519 g/mol. The van der Waals surface area contributed by atoms with Crippen molar-refractivity contribution in [3.05, 3.63) is 24.1 Å². The minimum absolute atomic E-state index is 0. The molecule has 29 heavy (non-hydrogen) atoms. The van der Waals surface area contributed by atoms with Gasteiger partial charge in [0.25, 0.3) is 0 Å². The number of hydrogen-bond acceptors (Lipinski definition) is 4. The lowest BCUT2D eigenvalue weighted by atomic mass is 9.83. The summed E-state index contributed by atoms with van der Waals surface area (Å²) >= 11 is 0. The molecule has 164 valence electrons. The van der Waals surface area contributed by atoms with Crippen LogP contribution in [0.3, 0.4) is 0 Å². The fourth-order valence-electron chi connectivity index (χ4n) is 4.37. The summed E-state index contributed by atoms with van der Waals surface area (Å²) in [5, 5.41) is 6.92. The van der Waals surface area contributed by atoms with Gasteiger partial charge in [0.05, 0.1) is 0 Å². The van der Waals surface area contributed by atoms with Crippen molar-refractivity contribution < 1.29 is 9.13 Å². The third kappa shape index (κ3) is 6.67. The Morgan fingerprint density at radius 1 is 1.41 bits per heavy atom. The van der Waals surface area contributed by atoms with Gasteiger partial charge >= 0.3 is 0 Å². The van der Waals surface area contributed by atoms with E-state index in [0.29, 0.717) is 5.82 Å². The van der Waals surface area contributed by atoms with Gasteiger partial charge in [0.2, 0.25) is 0 Å². The highest BCUT2D eigenvalue weighted by atomic mass is 127. The molecular formula is C21H35FIN5O. The highest BCUT2D eigenvalue weighted by molar-refractivity contribution is 14.0. The van der Waals surface area contributed by atoms with Gasteiger partial charge in [0.1, 0.15) is 0 Å². The molecule has 2 fully saturated rings. The summed E-state index contributed by atoms with van der Waals surface area (Å²) in [5.74, 6) is 1.04. The molecule has 1 atom stereocenters. The first-order chi connectivity index (χ1) is 13.7. The van der Waals surface area contributed by atoms with Crippen LogP contribution in [-0.2, 0) is 4.74 Å². The maximum Gasteiger partial charge on any atom is 0.191 e. The first-order valence-corrected chi connectivity index (χ1v) is 10.5. The molecule has 1 unspecified atom stereocenters. The van der Waals surface area contributed by atoms with Crippen LogP contribution in [0.2, 0.25) is 0 Å². The molecule has 0 aromatic carbocycles. The number of hydrogen-bond donors (Lipinski definition) is 2. The molecule has 1 saturated carbocycles. The number of pyridine rings is 1. The Morgan fingerprint density at radius 3 is 2.90 bits per heavy atom. The molecule has 1 saturated heterocycles. The Morgan fingerprint density at radius 2 is 2.21 bits per heavy atom. The molecule has 0 amide bonds. The largest absolute Gasteiger partial charge is 0.385 e. The Kier molecular flexibility index (Phi) is 9.88. The van der Waals surface area contributed by atoms with Crippen molar-refractivity contribution in [1.82, 2.24) is 15.6 Å². The van der Waals surface area contributed by atoms with Gasteiger partial charge < -0.3 is 20.3 Å². The number of rotatable bonds is 8. The van der Waals surface area contributed by atoms with Crippen molar-refractivity contribution in [2.24, 2.45) is 10.4 Å². The summed E-state index contributed by atoms with van der Waals surface area (Å²) in [4.78, 5) is 11.1. The van der Waals surface area contributed by atoms with Crippen molar-refractivity contribution in [2.45, 2.75) is 51.5 Å². The second kappa shape index (κ2) is 11.9. The number of ether oxygens (including phenoxy) is 1. The van der Waals surface area contributed by atoms with Crippen LogP contribution in [0.1, 0.15) is 45.4 Å². The predicted molar refractivity (Wildman–Crippen MR) is 127 cm³/mol. The van der Waals surface area contributed by atoms with Gasteiger partial charge in [0.15, 0.2) is 17.6 Å². The Balaban J connectivity index is 0.00000300. The fourth-order valence-corrected chi connectivity index (χ4v) is 4.37. The van der Waals surface area contributed by atoms with Gasteiger partial charge in [-0.1, -0.05) is 12.8 Å². The van der Waals surface area contributed by atoms with Crippen LogP contribution in [0.25, 0.3) is 0 Å².